The zero-order valence-corrected chi connectivity index (χ0v) is 17.0. The number of nitrogens with two attached hydrogens (primary N) is 1. The van der Waals surface area contributed by atoms with Gasteiger partial charge in [0.15, 0.2) is 0 Å². The molecular weight excluding hydrogens is 384 g/mol. The second-order valence-electron chi connectivity index (χ2n) is 6.59. The molecule has 0 atom stereocenters. The van der Waals surface area contributed by atoms with Crippen LogP contribution in [0, 0.1) is 13.8 Å². The van der Waals surface area contributed by atoms with Crippen molar-refractivity contribution in [1.82, 2.24) is 4.57 Å². The number of hydrogen-bond acceptors (Lipinski definition) is 8. The fourth-order valence-corrected chi connectivity index (χ4v) is 4.28. The maximum Gasteiger partial charge on any atom is 0.348 e. The molecule has 0 amide bonds. The Kier molecular flexibility index (Phi) is 5.46. The SMILES string of the molecule is COC(=O)c1sc(N)c(C(=O)OC)c1COC(=O)c1cc(C)n(C2CC2)c1C. The third-order valence-corrected chi connectivity index (χ3v) is 5.80. The van der Waals surface area contributed by atoms with Crippen molar-refractivity contribution in [1.29, 1.82) is 0 Å². The molecule has 9 heteroatoms. The van der Waals surface area contributed by atoms with E-state index in [1.54, 1.807) is 6.07 Å². The van der Waals surface area contributed by atoms with E-state index in [1.807, 2.05) is 13.8 Å². The van der Waals surface area contributed by atoms with Crippen molar-refractivity contribution < 1.29 is 28.6 Å². The number of aromatic nitrogens is 1. The molecule has 1 saturated carbocycles. The lowest BCUT2D eigenvalue weighted by Crippen LogP contribution is -2.13. The number of carbonyl (C=O) groups is 3. The van der Waals surface area contributed by atoms with E-state index in [0.29, 0.717) is 11.6 Å². The number of esters is 3. The molecule has 8 nitrogen and oxygen atoms in total. The van der Waals surface area contributed by atoms with Crippen LogP contribution in [-0.2, 0) is 20.8 Å². The van der Waals surface area contributed by atoms with Crippen LogP contribution in [0.1, 0.15) is 66.2 Å². The third kappa shape index (κ3) is 3.49. The van der Waals surface area contributed by atoms with Crippen LogP contribution in [0.25, 0.3) is 0 Å². The van der Waals surface area contributed by atoms with E-state index < -0.39 is 17.9 Å². The normalized spacial score (nSPS) is 13.3. The van der Waals surface area contributed by atoms with Crippen LogP contribution in [0.2, 0.25) is 0 Å². The van der Waals surface area contributed by atoms with Gasteiger partial charge in [-0.3, -0.25) is 0 Å². The van der Waals surface area contributed by atoms with E-state index in [2.05, 4.69) is 4.57 Å². The van der Waals surface area contributed by atoms with Gasteiger partial charge < -0.3 is 24.5 Å². The summed E-state index contributed by atoms with van der Waals surface area (Å²) in [4.78, 5) is 36.9. The number of nitrogen functional groups attached to an aromatic ring is 1. The maximum absolute atomic E-state index is 12.7. The van der Waals surface area contributed by atoms with Gasteiger partial charge in [0.1, 0.15) is 22.0 Å². The van der Waals surface area contributed by atoms with Crippen LogP contribution in [-0.4, -0.2) is 36.7 Å². The van der Waals surface area contributed by atoms with E-state index in [4.69, 9.17) is 19.9 Å². The highest BCUT2D eigenvalue weighted by atomic mass is 32.1. The van der Waals surface area contributed by atoms with E-state index >= 15 is 0 Å². The number of anilines is 1. The van der Waals surface area contributed by atoms with Gasteiger partial charge in [-0.1, -0.05) is 0 Å². The molecule has 1 aliphatic rings. The van der Waals surface area contributed by atoms with Crippen LogP contribution in [0.3, 0.4) is 0 Å². The largest absolute Gasteiger partial charge is 0.465 e. The summed E-state index contributed by atoms with van der Waals surface area (Å²) in [6, 6.07) is 2.23. The van der Waals surface area contributed by atoms with E-state index in [1.165, 1.54) is 14.2 Å². The molecule has 2 heterocycles. The molecule has 2 aromatic heterocycles. The minimum atomic E-state index is -0.707. The van der Waals surface area contributed by atoms with Gasteiger partial charge in [0.05, 0.1) is 19.8 Å². The second-order valence-corrected chi connectivity index (χ2v) is 7.65. The van der Waals surface area contributed by atoms with Gasteiger partial charge in [0.25, 0.3) is 0 Å². The number of methoxy groups -OCH3 is 2. The van der Waals surface area contributed by atoms with Crippen molar-refractivity contribution in [2.24, 2.45) is 0 Å². The average molecular weight is 406 g/mol. The molecule has 0 aliphatic heterocycles. The molecule has 3 rings (SSSR count). The first-order valence-corrected chi connectivity index (χ1v) is 9.55. The Hall–Kier alpha value is -2.81. The summed E-state index contributed by atoms with van der Waals surface area (Å²) in [5.74, 6) is -1.90. The summed E-state index contributed by atoms with van der Waals surface area (Å²) in [5, 5.41) is 0.102. The Balaban J connectivity index is 1.88. The maximum atomic E-state index is 12.7. The summed E-state index contributed by atoms with van der Waals surface area (Å²) < 4.78 is 17.0. The first-order valence-electron chi connectivity index (χ1n) is 8.73. The van der Waals surface area contributed by atoms with Gasteiger partial charge in [-0.15, -0.1) is 11.3 Å². The van der Waals surface area contributed by atoms with Crippen molar-refractivity contribution in [2.75, 3.05) is 20.0 Å². The Morgan fingerprint density at radius 3 is 2.36 bits per heavy atom. The fourth-order valence-electron chi connectivity index (χ4n) is 3.30. The highest BCUT2D eigenvalue weighted by Crippen LogP contribution is 2.38. The lowest BCUT2D eigenvalue weighted by molar-refractivity contribution is 0.0451. The van der Waals surface area contributed by atoms with Crippen LogP contribution >= 0.6 is 11.3 Å². The predicted molar refractivity (Wildman–Crippen MR) is 103 cm³/mol. The standard InChI is InChI=1S/C19H22N2O6S/c1-9-7-12(10(2)21(9)11-5-6-11)17(22)27-8-13-14(18(23)25-3)16(20)28-15(13)19(24)26-4/h7,11H,5-6,8,20H2,1-4H3. The van der Waals surface area contributed by atoms with Gasteiger partial charge in [-0.05, 0) is 32.8 Å². The van der Waals surface area contributed by atoms with Gasteiger partial charge in [-0.2, -0.15) is 0 Å². The first kappa shape index (κ1) is 19.9. The average Bonchev–Trinajstić information content (AvgIpc) is 3.38. The third-order valence-electron chi connectivity index (χ3n) is 4.76. The molecule has 0 bridgehead atoms. The minimum Gasteiger partial charge on any atom is -0.465 e. The minimum absolute atomic E-state index is 0.0177. The quantitative estimate of drug-likeness (QED) is 0.580. The van der Waals surface area contributed by atoms with Crippen molar-refractivity contribution in [2.45, 2.75) is 39.3 Å². The summed E-state index contributed by atoms with van der Waals surface area (Å²) in [5.41, 5.74) is 8.39. The highest BCUT2D eigenvalue weighted by Gasteiger charge is 2.30. The van der Waals surface area contributed by atoms with Gasteiger partial charge >= 0.3 is 17.9 Å². The molecule has 28 heavy (non-hydrogen) atoms. The smallest absolute Gasteiger partial charge is 0.348 e. The summed E-state index contributed by atoms with van der Waals surface area (Å²) in [6.07, 6.45) is 2.20. The molecule has 0 saturated heterocycles. The molecule has 2 N–H and O–H groups in total. The van der Waals surface area contributed by atoms with Gasteiger partial charge in [-0.25, -0.2) is 14.4 Å². The number of ether oxygens (including phenoxy) is 3. The zero-order valence-electron chi connectivity index (χ0n) is 16.2. The lowest BCUT2D eigenvalue weighted by atomic mass is 10.1. The predicted octanol–water partition coefficient (Wildman–Crippen LogP) is 3.01. The zero-order chi connectivity index (χ0) is 20.6. The van der Waals surface area contributed by atoms with Crippen molar-refractivity contribution in [3.05, 3.63) is 39.0 Å². The number of rotatable bonds is 6. The summed E-state index contributed by atoms with van der Waals surface area (Å²) in [7, 11) is 2.43. The van der Waals surface area contributed by atoms with Crippen molar-refractivity contribution in [3.63, 3.8) is 0 Å². The van der Waals surface area contributed by atoms with Crippen LogP contribution in [0.5, 0.6) is 0 Å². The highest BCUT2D eigenvalue weighted by molar-refractivity contribution is 7.18. The van der Waals surface area contributed by atoms with Gasteiger partial charge in [0.2, 0.25) is 0 Å². The number of nitrogens with zero attached hydrogens (tertiary/aromatic N) is 1. The summed E-state index contributed by atoms with van der Waals surface area (Å²) >= 11 is 0.894. The van der Waals surface area contributed by atoms with Crippen LogP contribution < -0.4 is 5.73 Å². The Labute approximate surface area is 166 Å². The van der Waals surface area contributed by atoms with E-state index in [0.717, 1.165) is 35.6 Å². The molecule has 0 aromatic carbocycles. The monoisotopic (exact) mass is 406 g/mol. The van der Waals surface area contributed by atoms with E-state index in [9.17, 15) is 14.4 Å². The number of aryl methyl sites for hydroxylation is 1. The Morgan fingerprint density at radius 1 is 1.14 bits per heavy atom. The lowest BCUT2D eigenvalue weighted by Gasteiger charge is -2.09. The summed E-state index contributed by atoms with van der Waals surface area (Å²) in [6.45, 7) is 3.53. The second kappa shape index (κ2) is 7.67. The number of carbonyl (C=O) groups excluding carboxylic acids is 3. The Morgan fingerprint density at radius 2 is 1.79 bits per heavy atom. The molecule has 1 aliphatic carbocycles. The molecule has 1 fully saturated rings. The van der Waals surface area contributed by atoms with E-state index in [-0.39, 0.29) is 27.6 Å². The van der Waals surface area contributed by atoms with Crippen molar-refractivity contribution in [3.8, 4) is 0 Å². The molecule has 2 aromatic rings. The van der Waals surface area contributed by atoms with Crippen molar-refractivity contribution >= 4 is 34.2 Å². The van der Waals surface area contributed by atoms with Gasteiger partial charge in [0, 0.05) is 23.0 Å². The molecular formula is C19H22N2O6S. The number of hydrogen-bond donors (Lipinski definition) is 1. The van der Waals surface area contributed by atoms with Crippen LogP contribution in [0.4, 0.5) is 5.00 Å². The topological polar surface area (TPSA) is 110 Å². The molecule has 0 radical (unpaired) electrons. The molecule has 0 spiro atoms. The molecule has 150 valence electrons. The fraction of sp³-hybridized carbons (Fsp3) is 0.421. The number of thiophene rings is 1. The Bertz CT molecular complexity index is 954. The first-order chi connectivity index (χ1) is 13.3. The molecule has 0 unspecified atom stereocenters. The van der Waals surface area contributed by atoms with Crippen LogP contribution in [0.15, 0.2) is 6.07 Å².